The molecule has 0 aromatic rings. The van der Waals surface area contributed by atoms with Crippen molar-refractivity contribution >= 4 is 7.41 Å². The van der Waals surface area contributed by atoms with Crippen molar-refractivity contribution in [2.45, 2.75) is 0 Å². The van der Waals surface area contributed by atoms with Gasteiger partial charge in [-0.3, -0.25) is 0 Å². The quantitative estimate of drug-likeness (QED) is 0.426. The third-order valence-electron chi connectivity index (χ3n) is 0.574. The lowest BCUT2D eigenvalue weighted by Crippen LogP contribution is -2.37. The highest BCUT2D eigenvalue weighted by molar-refractivity contribution is 6.37. The molecule has 44 valence electrons. The normalized spacial score (nSPS) is 10.0. The van der Waals surface area contributed by atoms with Gasteiger partial charge in [-0.2, -0.15) is 0 Å². The van der Waals surface area contributed by atoms with Gasteiger partial charge in [0.05, 0.1) is 0 Å². The van der Waals surface area contributed by atoms with E-state index in [4.69, 9.17) is 0 Å². The molecule has 0 unspecified atom stereocenters. The molecule has 2 nitrogen and oxygen atoms in total. The summed E-state index contributed by atoms with van der Waals surface area (Å²) < 4.78 is 0.775. The molecule has 0 N–H and O–H groups in total. The van der Waals surface area contributed by atoms with Gasteiger partial charge in [-0.25, -0.2) is 0 Å². The summed E-state index contributed by atoms with van der Waals surface area (Å²) in [7, 11) is 9.76. The predicted molar refractivity (Wildman–Crippen MR) is 37.0 cm³/mol. The maximum Gasteiger partial charge on any atom is 0.249 e. The van der Waals surface area contributed by atoms with Gasteiger partial charge in [-0.05, 0) is 0 Å². The fourth-order valence-corrected chi connectivity index (χ4v) is 0.231. The molecule has 0 heterocycles. The SMILES string of the molecule is C[N+]#C[B-][N+](C)(C)C. The van der Waals surface area contributed by atoms with Crippen LogP contribution < -0.4 is 0 Å². The smallest absolute Gasteiger partial charge is 0.249 e. The van der Waals surface area contributed by atoms with Crippen molar-refractivity contribution in [2.24, 2.45) is 0 Å². The summed E-state index contributed by atoms with van der Waals surface area (Å²) in [5, 5.41) is 0. The molecule has 8 heavy (non-hydrogen) atoms. The Balaban J connectivity index is 3.50. The first-order chi connectivity index (χ1) is 3.56. The van der Waals surface area contributed by atoms with E-state index in [1.165, 1.54) is 0 Å². The molecule has 0 atom stereocenters. The van der Waals surface area contributed by atoms with Gasteiger partial charge in [0.15, 0.2) is 7.41 Å². The summed E-state index contributed by atoms with van der Waals surface area (Å²) in [5.74, 6) is 2.76. The van der Waals surface area contributed by atoms with E-state index in [0.717, 1.165) is 4.39 Å². The molecule has 0 saturated heterocycles. The molecule has 0 aromatic carbocycles. The van der Waals surface area contributed by atoms with Gasteiger partial charge in [0.2, 0.25) is 7.05 Å². The van der Waals surface area contributed by atoms with E-state index in [-0.39, 0.29) is 0 Å². The van der Waals surface area contributed by atoms with Gasteiger partial charge in [-0.15, -0.1) is 4.85 Å². The van der Waals surface area contributed by atoms with Crippen LogP contribution in [0.3, 0.4) is 0 Å². The van der Waals surface area contributed by atoms with E-state index in [0.29, 0.717) is 0 Å². The number of nitrogens with zero attached hydrogens (tertiary/aromatic N) is 2. The first-order valence-corrected chi connectivity index (χ1v) is 2.56. The fraction of sp³-hybridized carbons (Fsp3) is 0.800. The standard InChI is InChI=1S/C5H12BN2/c1-7-5-6-8(2,3)4/h1-4H3/q+1. The highest BCUT2D eigenvalue weighted by Crippen LogP contribution is 1.81. The molecular weight excluding hydrogens is 98.9 g/mol. The Morgan fingerprint density at radius 2 is 1.88 bits per heavy atom. The van der Waals surface area contributed by atoms with E-state index in [9.17, 15) is 0 Å². The molecule has 0 aliphatic heterocycles. The van der Waals surface area contributed by atoms with Crippen LogP contribution >= 0.6 is 0 Å². The van der Waals surface area contributed by atoms with E-state index in [1.54, 1.807) is 7.05 Å². The molecule has 3 heteroatoms. The molecular formula is C5H12BN2+. The van der Waals surface area contributed by atoms with Crippen molar-refractivity contribution in [2.75, 3.05) is 28.2 Å². The lowest BCUT2D eigenvalue weighted by atomic mass is 9.93. The molecule has 0 fully saturated rings. The maximum atomic E-state index is 3.70. The molecule has 0 saturated carbocycles. The van der Waals surface area contributed by atoms with Crippen molar-refractivity contribution in [1.82, 2.24) is 0 Å². The molecule has 0 spiro atoms. The van der Waals surface area contributed by atoms with Crippen LogP contribution in [0.25, 0.3) is 4.85 Å². The van der Waals surface area contributed by atoms with Crippen LogP contribution in [-0.4, -0.2) is 40.0 Å². The molecule has 0 aliphatic rings. The minimum Gasteiger partial charge on any atom is -0.551 e. The number of hydrogen-bond acceptors (Lipinski definition) is 0. The Morgan fingerprint density at radius 3 is 2.00 bits per heavy atom. The molecule has 0 aliphatic carbocycles. The Hall–Kier alpha value is -0.485. The number of quaternary nitrogens is 1. The fourth-order valence-electron chi connectivity index (χ4n) is 0.231. The Morgan fingerprint density at radius 1 is 1.38 bits per heavy atom. The minimum absolute atomic E-state index is 0.775. The summed E-state index contributed by atoms with van der Waals surface area (Å²) in [4.78, 5) is 3.70. The van der Waals surface area contributed by atoms with Gasteiger partial charge in [0, 0.05) is 27.1 Å². The van der Waals surface area contributed by atoms with Crippen molar-refractivity contribution in [3.05, 3.63) is 4.85 Å². The summed E-state index contributed by atoms with van der Waals surface area (Å²) in [6, 6.07) is 0. The van der Waals surface area contributed by atoms with Crippen molar-refractivity contribution in [3.8, 4) is 5.97 Å². The monoisotopic (exact) mass is 111 g/mol. The maximum absolute atomic E-state index is 3.70. The molecule has 0 amide bonds. The Bertz CT molecular complexity index is 115. The topological polar surface area (TPSA) is 4.36 Å². The zero-order chi connectivity index (χ0) is 6.62. The molecule has 0 aromatic heterocycles. The first kappa shape index (κ1) is 7.51. The summed E-state index contributed by atoms with van der Waals surface area (Å²) >= 11 is 0. The second kappa shape index (κ2) is 2.73. The summed E-state index contributed by atoms with van der Waals surface area (Å²) in [5.41, 5.74) is 0. The summed E-state index contributed by atoms with van der Waals surface area (Å²) in [6.45, 7) is 0. The van der Waals surface area contributed by atoms with Crippen molar-refractivity contribution in [1.29, 1.82) is 0 Å². The van der Waals surface area contributed by atoms with Crippen LogP contribution in [0.1, 0.15) is 0 Å². The lowest BCUT2D eigenvalue weighted by Gasteiger charge is -2.32. The van der Waals surface area contributed by atoms with Crippen LogP contribution in [0.4, 0.5) is 0 Å². The molecule has 0 bridgehead atoms. The first-order valence-electron chi connectivity index (χ1n) is 2.56. The van der Waals surface area contributed by atoms with Crippen LogP contribution in [0.15, 0.2) is 0 Å². The van der Waals surface area contributed by atoms with E-state index in [1.807, 2.05) is 7.41 Å². The van der Waals surface area contributed by atoms with Crippen LogP contribution in [0.2, 0.25) is 0 Å². The third-order valence-corrected chi connectivity index (χ3v) is 0.574. The van der Waals surface area contributed by atoms with Crippen LogP contribution in [-0.2, 0) is 0 Å². The van der Waals surface area contributed by atoms with Gasteiger partial charge < -0.3 is 4.39 Å². The molecule has 0 rings (SSSR count). The Labute approximate surface area is 51.8 Å². The highest BCUT2D eigenvalue weighted by Gasteiger charge is 1.93. The average Bonchev–Trinajstić information content (AvgIpc) is 1.59. The average molecular weight is 111 g/mol. The predicted octanol–water partition coefficient (Wildman–Crippen LogP) is 0.232. The van der Waals surface area contributed by atoms with E-state index in [2.05, 4.69) is 32.0 Å². The Kier molecular flexibility index (Phi) is 2.57. The zero-order valence-corrected chi connectivity index (χ0v) is 5.97. The highest BCUT2D eigenvalue weighted by atomic mass is 15.2. The number of hydrogen-bond donors (Lipinski definition) is 0. The zero-order valence-electron chi connectivity index (χ0n) is 5.97. The van der Waals surface area contributed by atoms with Gasteiger partial charge in [0.25, 0.3) is 0 Å². The second-order valence-electron chi connectivity index (χ2n) is 2.60. The van der Waals surface area contributed by atoms with E-state index < -0.39 is 0 Å². The third kappa shape index (κ3) is 5.51. The second-order valence-corrected chi connectivity index (χ2v) is 2.60. The number of rotatable bonds is 1. The van der Waals surface area contributed by atoms with Crippen molar-refractivity contribution in [3.63, 3.8) is 0 Å². The van der Waals surface area contributed by atoms with Gasteiger partial charge in [-0.1, -0.05) is 0 Å². The van der Waals surface area contributed by atoms with E-state index >= 15 is 0 Å². The van der Waals surface area contributed by atoms with Gasteiger partial charge >= 0.3 is 0 Å². The summed E-state index contributed by atoms with van der Waals surface area (Å²) in [6.07, 6.45) is 0. The minimum atomic E-state index is 0.775. The lowest BCUT2D eigenvalue weighted by molar-refractivity contribution is -0.753. The van der Waals surface area contributed by atoms with Gasteiger partial charge in [0.1, 0.15) is 0 Å². The molecule has 2 radical (unpaired) electrons. The van der Waals surface area contributed by atoms with Crippen molar-refractivity contribution < 1.29 is 4.39 Å². The van der Waals surface area contributed by atoms with Crippen LogP contribution in [0, 0.1) is 5.97 Å². The van der Waals surface area contributed by atoms with Crippen LogP contribution in [0.5, 0.6) is 0 Å². The largest absolute Gasteiger partial charge is 0.551 e.